The van der Waals surface area contributed by atoms with Crippen LogP contribution in [0.5, 0.6) is 0 Å². The van der Waals surface area contributed by atoms with Gasteiger partial charge in [-0.05, 0) is 61.4 Å². The Morgan fingerprint density at radius 2 is 1.92 bits per heavy atom. The predicted octanol–water partition coefficient (Wildman–Crippen LogP) is 4.75. The van der Waals surface area contributed by atoms with Gasteiger partial charge >= 0.3 is 6.03 Å². The van der Waals surface area contributed by atoms with Crippen molar-refractivity contribution in [1.82, 2.24) is 4.90 Å². The molecule has 2 heterocycles. The van der Waals surface area contributed by atoms with E-state index in [9.17, 15) is 4.79 Å². The van der Waals surface area contributed by atoms with Crippen LogP contribution in [0.4, 0.5) is 10.5 Å². The number of nitrogens with one attached hydrogen (secondary N) is 1. The molecule has 2 aliphatic rings. The number of carbonyl (C=O) groups excluding carboxylic acids is 1. The SMILES string of the molecule is Cc1cccc(C)c1C1CCCN1C(=O)Nc1cccc2c1COCC2. The van der Waals surface area contributed by atoms with Crippen LogP contribution in [0.2, 0.25) is 0 Å². The largest absolute Gasteiger partial charge is 0.376 e. The molecule has 1 saturated heterocycles. The van der Waals surface area contributed by atoms with Gasteiger partial charge in [0.2, 0.25) is 0 Å². The summed E-state index contributed by atoms with van der Waals surface area (Å²) < 4.78 is 5.60. The molecule has 0 aliphatic carbocycles. The lowest BCUT2D eigenvalue weighted by Crippen LogP contribution is -2.35. The number of benzene rings is 2. The molecule has 0 bridgehead atoms. The molecular weight excluding hydrogens is 324 g/mol. The molecule has 4 rings (SSSR count). The van der Waals surface area contributed by atoms with Crippen molar-refractivity contribution in [2.45, 2.75) is 45.8 Å². The number of amides is 2. The molecule has 4 nitrogen and oxygen atoms in total. The normalized spacial score (nSPS) is 19.3. The quantitative estimate of drug-likeness (QED) is 0.849. The number of urea groups is 1. The second-order valence-electron chi connectivity index (χ2n) is 7.33. The van der Waals surface area contributed by atoms with Crippen molar-refractivity contribution in [3.8, 4) is 0 Å². The molecule has 2 aromatic rings. The van der Waals surface area contributed by atoms with Gasteiger partial charge in [-0.15, -0.1) is 0 Å². The van der Waals surface area contributed by atoms with E-state index in [-0.39, 0.29) is 12.1 Å². The number of aryl methyl sites for hydroxylation is 2. The number of likely N-dealkylation sites (tertiary alicyclic amines) is 1. The third-order valence-corrected chi connectivity index (χ3v) is 5.67. The number of nitrogens with zero attached hydrogens (tertiary/aromatic N) is 1. The lowest BCUT2D eigenvalue weighted by molar-refractivity contribution is 0.111. The molecule has 0 spiro atoms. The monoisotopic (exact) mass is 350 g/mol. The highest BCUT2D eigenvalue weighted by Crippen LogP contribution is 2.36. The van der Waals surface area contributed by atoms with Gasteiger partial charge in [0.15, 0.2) is 0 Å². The number of anilines is 1. The maximum absolute atomic E-state index is 13.1. The smallest absolute Gasteiger partial charge is 0.322 e. The van der Waals surface area contributed by atoms with Crippen LogP contribution in [-0.2, 0) is 17.8 Å². The van der Waals surface area contributed by atoms with Crippen molar-refractivity contribution in [2.24, 2.45) is 0 Å². The van der Waals surface area contributed by atoms with E-state index in [0.717, 1.165) is 43.7 Å². The number of fused-ring (bicyclic) bond motifs is 1. The van der Waals surface area contributed by atoms with Gasteiger partial charge in [0.05, 0.1) is 19.3 Å². The molecule has 2 aromatic carbocycles. The molecule has 0 saturated carbocycles. The molecule has 0 aromatic heterocycles. The molecular formula is C22H26N2O2. The van der Waals surface area contributed by atoms with Crippen LogP contribution < -0.4 is 5.32 Å². The molecule has 1 atom stereocenters. The summed E-state index contributed by atoms with van der Waals surface area (Å²) in [6.45, 7) is 6.41. The van der Waals surface area contributed by atoms with E-state index in [1.165, 1.54) is 22.3 Å². The van der Waals surface area contributed by atoms with Crippen LogP contribution in [-0.4, -0.2) is 24.1 Å². The number of hydrogen-bond acceptors (Lipinski definition) is 2. The summed E-state index contributed by atoms with van der Waals surface area (Å²) in [6, 6.07) is 12.7. The van der Waals surface area contributed by atoms with Crippen molar-refractivity contribution >= 4 is 11.7 Å². The fourth-order valence-corrected chi connectivity index (χ4v) is 4.36. The summed E-state index contributed by atoms with van der Waals surface area (Å²) >= 11 is 0. The number of hydrogen-bond donors (Lipinski definition) is 1. The van der Waals surface area contributed by atoms with E-state index in [4.69, 9.17) is 4.74 Å². The van der Waals surface area contributed by atoms with Crippen LogP contribution in [0.15, 0.2) is 36.4 Å². The minimum atomic E-state index is -0.00544. The lowest BCUT2D eigenvalue weighted by Gasteiger charge is -2.29. The fraction of sp³-hybridized carbons (Fsp3) is 0.409. The summed E-state index contributed by atoms with van der Waals surface area (Å²) in [4.78, 5) is 15.1. The molecule has 1 fully saturated rings. The molecule has 1 unspecified atom stereocenters. The van der Waals surface area contributed by atoms with Crippen molar-refractivity contribution in [2.75, 3.05) is 18.5 Å². The molecule has 0 radical (unpaired) electrons. The number of rotatable bonds is 2. The van der Waals surface area contributed by atoms with E-state index in [1.54, 1.807) is 0 Å². The Morgan fingerprint density at radius 1 is 1.15 bits per heavy atom. The van der Waals surface area contributed by atoms with Crippen molar-refractivity contribution < 1.29 is 9.53 Å². The first kappa shape index (κ1) is 17.1. The first-order valence-corrected chi connectivity index (χ1v) is 9.47. The van der Waals surface area contributed by atoms with Gasteiger partial charge in [0, 0.05) is 17.8 Å². The maximum atomic E-state index is 13.1. The van der Waals surface area contributed by atoms with Crippen molar-refractivity contribution in [3.05, 3.63) is 64.2 Å². The molecule has 136 valence electrons. The third-order valence-electron chi connectivity index (χ3n) is 5.67. The predicted molar refractivity (Wildman–Crippen MR) is 103 cm³/mol. The van der Waals surface area contributed by atoms with E-state index < -0.39 is 0 Å². The first-order valence-electron chi connectivity index (χ1n) is 9.47. The minimum absolute atomic E-state index is 0.00544. The molecule has 4 heteroatoms. The van der Waals surface area contributed by atoms with Crippen LogP contribution in [0, 0.1) is 13.8 Å². The van der Waals surface area contributed by atoms with E-state index in [1.807, 2.05) is 17.0 Å². The van der Waals surface area contributed by atoms with Crippen LogP contribution in [0.25, 0.3) is 0 Å². The second kappa shape index (κ2) is 7.12. The zero-order valence-corrected chi connectivity index (χ0v) is 15.5. The van der Waals surface area contributed by atoms with Gasteiger partial charge in [0.1, 0.15) is 0 Å². The second-order valence-corrected chi connectivity index (χ2v) is 7.33. The first-order chi connectivity index (χ1) is 12.6. The van der Waals surface area contributed by atoms with Crippen LogP contribution in [0.3, 0.4) is 0 Å². The average molecular weight is 350 g/mol. The number of carbonyl (C=O) groups is 1. The zero-order valence-electron chi connectivity index (χ0n) is 15.5. The highest BCUT2D eigenvalue weighted by Gasteiger charge is 2.32. The molecule has 2 aliphatic heterocycles. The topological polar surface area (TPSA) is 41.6 Å². The Bertz CT molecular complexity index is 811. The van der Waals surface area contributed by atoms with E-state index >= 15 is 0 Å². The molecule has 1 N–H and O–H groups in total. The Balaban J connectivity index is 1.58. The van der Waals surface area contributed by atoms with Crippen molar-refractivity contribution in [1.29, 1.82) is 0 Å². The highest BCUT2D eigenvalue weighted by molar-refractivity contribution is 5.91. The Morgan fingerprint density at radius 3 is 2.73 bits per heavy atom. The summed E-state index contributed by atoms with van der Waals surface area (Å²) in [5.41, 5.74) is 7.12. The molecule has 26 heavy (non-hydrogen) atoms. The minimum Gasteiger partial charge on any atom is -0.376 e. The zero-order chi connectivity index (χ0) is 18.1. The Labute approximate surface area is 155 Å². The lowest BCUT2D eigenvalue weighted by atomic mass is 9.94. The average Bonchev–Trinajstić information content (AvgIpc) is 3.11. The maximum Gasteiger partial charge on any atom is 0.322 e. The van der Waals surface area contributed by atoms with E-state index in [0.29, 0.717) is 6.61 Å². The summed E-state index contributed by atoms with van der Waals surface area (Å²) in [5, 5.41) is 3.16. The third kappa shape index (κ3) is 3.10. The highest BCUT2D eigenvalue weighted by atomic mass is 16.5. The van der Waals surface area contributed by atoms with Gasteiger partial charge in [0.25, 0.3) is 0 Å². The Kier molecular flexibility index (Phi) is 4.68. The summed E-state index contributed by atoms with van der Waals surface area (Å²) in [7, 11) is 0. The summed E-state index contributed by atoms with van der Waals surface area (Å²) in [6.07, 6.45) is 2.98. The van der Waals surface area contributed by atoms with Crippen LogP contribution in [0.1, 0.15) is 46.7 Å². The van der Waals surface area contributed by atoms with Gasteiger partial charge in [-0.25, -0.2) is 4.79 Å². The van der Waals surface area contributed by atoms with E-state index in [2.05, 4.69) is 43.4 Å². The van der Waals surface area contributed by atoms with Gasteiger partial charge in [-0.1, -0.05) is 30.3 Å². The standard InChI is InChI=1S/C22H26N2O2/c1-15-6-3-7-16(2)21(15)20-10-5-12-24(20)22(25)23-19-9-4-8-17-11-13-26-14-18(17)19/h3-4,6-9,20H,5,10-14H2,1-2H3,(H,23,25). The Hall–Kier alpha value is -2.33. The number of ether oxygens (including phenoxy) is 1. The van der Waals surface area contributed by atoms with Gasteiger partial charge in [-0.2, -0.15) is 0 Å². The van der Waals surface area contributed by atoms with Crippen LogP contribution >= 0.6 is 0 Å². The summed E-state index contributed by atoms with van der Waals surface area (Å²) in [5.74, 6) is 0. The van der Waals surface area contributed by atoms with Gasteiger partial charge in [-0.3, -0.25) is 0 Å². The molecule has 2 amide bonds. The fourth-order valence-electron chi connectivity index (χ4n) is 4.36. The van der Waals surface area contributed by atoms with Crippen molar-refractivity contribution in [3.63, 3.8) is 0 Å². The van der Waals surface area contributed by atoms with Gasteiger partial charge < -0.3 is 15.0 Å².